The Labute approximate surface area is 103 Å². The molecule has 2 amide bonds. The van der Waals surface area contributed by atoms with Gasteiger partial charge in [0.25, 0.3) is 0 Å². The van der Waals surface area contributed by atoms with Crippen LogP contribution in [0.2, 0.25) is 0 Å². The molecule has 17 heavy (non-hydrogen) atoms. The Balaban J connectivity index is 2.34. The van der Waals surface area contributed by atoms with Crippen LogP contribution in [-0.2, 0) is 0 Å². The average molecular weight is 243 g/mol. The highest BCUT2D eigenvalue weighted by molar-refractivity contribution is 5.71. The zero-order valence-corrected chi connectivity index (χ0v) is 10.9. The van der Waals surface area contributed by atoms with Gasteiger partial charge in [0.1, 0.15) is 0 Å². The van der Waals surface area contributed by atoms with Crippen LogP contribution in [0.25, 0.3) is 0 Å². The molecule has 0 radical (unpaired) electrons. The van der Waals surface area contributed by atoms with Gasteiger partial charge in [0.2, 0.25) is 0 Å². The van der Waals surface area contributed by atoms with Gasteiger partial charge in [0.05, 0.1) is 5.60 Å². The minimum Gasteiger partial charge on any atom is -0.389 e. The van der Waals surface area contributed by atoms with Gasteiger partial charge in [-0.25, -0.2) is 4.79 Å². The second-order valence-corrected chi connectivity index (χ2v) is 4.99. The van der Waals surface area contributed by atoms with Crippen molar-refractivity contribution in [2.75, 3.05) is 19.6 Å². The molecule has 100 valence electrons. The minimum atomic E-state index is -0.566. The number of aliphatic hydroxyl groups is 1. The zero-order valence-electron chi connectivity index (χ0n) is 10.9. The molecule has 0 unspecified atom stereocenters. The van der Waals surface area contributed by atoms with E-state index in [4.69, 9.17) is 5.73 Å². The average Bonchev–Trinajstić information content (AvgIpc) is 2.31. The Bertz CT molecular complexity index is 246. The second-order valence-electron chi connectivity index (χ2n) is 4.99. The quantitative estimate of drug-likeness (QED) is 0.664. The Kier molecular flexibility index (Phi) is 5.21. The smallest absolute Gasteiger partial charge is 0.312 e. The maximum Gasteiger partial charge on any atom is 0.312 e. The summed E-state index contributed by atoms with van der Waals surface area (Å²) in [5.41, 5.74) is 4.53. The molecular weight excluding hydrogens is 218 g/mol. The van der Waals surface area contributed by atoms with Crippen molar-refractivity contribution in [3.05, 3.63) is 0 Å². The van der Waals surface area contributed by atoms with Crippen LogP contribution in [0.3, 0.4) is 0 Å². The third-order valence-corrected chi connectivity index (χ3v) is 3.77. The third-order valence-electron chi connectivity index (χ3n) is 3.77. The summed E-state index contributed by atoms with van der Waals surface area (Å²) in [6.07, 6.45) is 3.38. The van der Waals surface area contributed by atoms with Crippen LogP contribution in [0, 0.1) is 0 Å². The van der Waals surface area contributed by atoms with Gasteiger partial charge in [-0.15, -0.1) is 0 Å². The zero-order chi connectivity index (χ0) is 12.9. The Morgan fingerprint density at radius 1 is 1.41 bits per heavy atom. The number of carbonyl (C=O) groups is 1. The summed E-state index contributed by atoms with van der Waals surface area (Å²) in [7, 11) is 0. The van der Waals surface area contributed by atoms with Gasteiger partial charge in [0.15, 0.2) is 0 Å². The summed E-state index contributed by atoms with van der Waals surface area (Å²) in [4.78, 5) is 13.0. The SMILES string of the molecule is CCC(O)(CC)CN1CCC(NC(N)=O)CC1. The van der Waals surface area contributed by atoms with Crippen LogP contribution in [-0.4, -0.2) is 47.3 Å². The normalized spacial score (nSPS) is 19.2. The standard InChI is InChI=1S/C12H25N3O2/c1-3-12(17,4-2)9-15-7-5-10(6-8-15)14-11(13)16/h10,17H,3-9H2,1-2H3,(H3,13,14,16). The van der Waals surface area contributed by atoms with Crippen LogP contribution >= 0.6 is 0 Å². The van der Waals surface area contributed by atoms with Crippen molar-refractivity contribution in [2.24, 2.45) is 5.73 Å². The van der Waals surface area contributed by atoms with Crippen molar-refractivity contribution in [3.8, 4) is 0 Å². The molecule has 1 rings (SSSR count). The van der Waals surface area contributed by atoms with Crippen LogP contribution in [0.15, 0.2) is 0 Å². The van der Waals surface area contributed by atoms with Crippen molar-refractivity contribution < 1.29 is 9.90 Å². The molecule has 0 bridgehead atoms. The predicted octanol–water partition coefficient (Wildman–Crippen LogP) is 0.670. The lowest BCUT2D eigenvalue weighted by molar-refractivity contribution is -0.00950. The lowest BCUT2D eigenvalue weighted by Crippen LogP contribution is -2.50. The van der Waals surface area contributed by atoms with E-state index in [1.807, 2.05) is 13.8 Å². The number of hydrogen-bond donors (Lipinski definition) is 3. The van der Waals surface area contributed by atoms with E-state index < -0.39 is 11.6 Å². The van der Waals surface area contributed by atoms with E-state index in [9.17, 15) is 9.90 Å². The highest BCUT2D eigenvalue weighted by Gasteiger charge is 2.28. The lowest BCUT2D eigenvalue weighted by Gasteiger charge is -2.37. The maximum absolute atomic E-state index is 10.7. The lowest BCUT2D eigenvalue weighted by atomic mass is 9.95. The van der Waals surface area contributed by atoms with Gasteiger partial charge in [-0.05, 0) is 25.7 Å². The third kappa shape index (κ3) is 4.52. The van der Waals surface area contributed by atoms with Gasteiger partial charge >= 0.3 is 6.03 Å². The summed E-state index contributed by atoms with van der Waals surface area (Å²) in [6.45, 7) is 6.58. The van der Waals surface area contributed by atoms with Gasteiger partial charge in [-0.2, -0.15) is 0 Å². The second kappa shape index (κ2) is 6.21. The van der Waals surface area contributed by atoms with E-state index in [0.29, 0.717) is 0 Å². The fraction of sp³-hybridized carbons (Fsp3) is 0.917. The molecule has 0 atom stereocenters. The van der Waals surface area contributed by atoms with Gasteiger partial charge in [0, 0.05) is 25.7 Å². The molecule has 5 nitrogen and oxygen atoms in total. The van der Waals surface area contributed by atoms with Crippen molar-refractivity contribution in [1.82, 2.24) is 10.2 Å². The molecule has 0 aromatic rings. The highest BCUT2D eigenvalue weighted by Crippen LogP contribution is 2.19. The van der Waals surface area contributed by atoms with Gasteiger partial charge < -0.3 is 21.1 Å². The summed E-state index contributed by atoms with van der Waals surface area (Å²) >= 11 is 0. The van der Waals surface area contributed by atoms with E-state index in [0.717, 1.165) is 45.3 Å². The number of rotatable bonds is 5. The number of piperidine rings is 1. The number of nitrogens with two attached hydrogens (primary N) is 1. The Morgan fingerprint density at radius 2 is 1.94 bits per heavy atom. The first-order valence-electron chi connectivity index (χ1n) is 6.50. The monoisotopic (exact) mass is 243 g/mol. The Morgan fingerprint density at radius 3 is 2.35 bits per heavy atom. The summed E-state index contributed by atoms with van der Waals surface area (Å²) in [5.74, 6) is 0. The molecule has 0 spiro atoms. The molecule has 1 fully saturated rings. The van der Waals surface area contributed by atoms with Crippen molar-refractivity contribution in [2.45, 2.75) is 51.2 Å². The molecule has 4 N–H and O–H groups in total. The van der Waals surface area contributed by atoms with Crippen LogP contribution in [0.4, 0.5) is 4.79 Å². The van der Waals surface area contributed by atoms with Crippen LogP contribution in [0.1, 0.15) is 39.5 Å². The fourth-order valence-electron chi connectivity index (χ4n) is 2.33. The first-order valence-corrected chi connectivity index (χ1v) is 6.50. The molecule has 1 aliphatic heterocycles. The topological polar surface area (TPSA) is 78.6 Å². The highest BCUT2D eigenvalue weighted by atomic mass is 16.3. The summed E-state index contributed by atoms with van der Waals surface area (Å²) < 4.78 is 0. The number of primary amides is 1. The first-order chi connectivity index (χ1) is 7.99. The van der Waals surface area contributed by atoms with E-state index in [2.05, 4.69) is 10.2 Å². The van der Waals surface area contributed by atoms with E-state index in [1.165, 1.54) is 0 Å². The molecule has 1 saturated heterocycles. The number of hydrogen-bond acceptors (Lipinski definition) is 3. The number of urea groups is 1. The largest absolute Gasteiger partial charge is 0.389 e. The molecule has 1 aliphatic rings. The van der Waals surface area contributed by atoms with Gasteiger partial charge in [-0.1, -0.05) is 13.8 Å². The summed E-state index contributed by atoms with van der Waals surface area (Å²) in [6, 6.07) is -0.248. The molecule has 1 heterocycles. The first kappa shape index (κ1) is 14.3. The van der Waals surface area contributed by atoms with E-state index >= 15 is 0 Å². The van der Waals surface area contributed by atoms with E-state index in [-0.39, 0.29) is 6.04 Å². The number of likely N-dealkylation sites (tertiary alicyclic amines) is 1. The number of carbonyl (C=O) groups excluding carboxylic acids is 1. The molecule has 0 saturated carbocycles. The summed E-state index contributed by atoms with van der Waals surface area (Å²) in [5, 5.41) is 13.0. The molecule has 5 heteroatoms. The van der Waals surface area contributed by atoms with Crippen molar-refractivity contribution >= 4 is 6.03 Å². The molecule has 0 aromatic carbocycles. The number of amides is 2. The number of β-amino-alcohol motifs (C(OH)–C–C–N with tert-alkyl or cyclic N) is 1. The van der Waals surface area contributed by atoms with Crippen molar-refractivity contribution in [3.63, 3.8) is 0 Å². The minimum absolute atomic E-state index is 0.195. The fourth-order valence-corrected chi connectivity index (χ4v) is 2.33. The van der Waals surface area contributed by atoms with Gasteiger partial charge in [-0.3, -0.25) is 0 Å². The van der Waals surface area contributed by atoms with Crippen LogP contribution in [0.5, 0.6) is 0 Å². The number of nitrogens with zero attached hydrogens (tertiary/aromatic N) is 1. The molecule has 0 aliphatic carbocycles. The molecule has 0 aromatic heterocycles. The molecular formula is C12H25N3O2. The predicted molar refractivity (Wildman–Crippen MR) is 67.7 cm³/mol. The Hall–Kier alpha value is -0.810. The van der Waals surface area contributed by atoms with E-state index in [1.54, 1.807) is 0 Å². The van der Waals surface area contributed by atoms with Crippen LogP contribution < -0.4 is 11.1 Å². The van der Waals surface area contributed by atoms with Crippen molar-refractivity contribution in [1.29, 1.82) is 0 Å². The maximum atomic E-state index is 10.7. The number of nitrogens with one attached hydrogen (secondary N) is 1.